The summed E-state index contributed by atoms with van der Waals surface area (Å²) in [5.41, 5.74) is -0.211. The molecule has 0 bridgehead atoms. The van der Waals surface area contributed by atoms with E-state index >= 15 is 0 Å². The van der Waals surface area contributed by atoms with Gasteiger partial charge in [-0.15, -0.1) is 0 Å². The average molecular weight is 328 g/mol. The van der Waals surface area contributed by atoms with Gasteiger partial charge in [0, 0.05) is 25.3 Å². The highest BCUT2D eigenvalue weighted by atomic mass is 19.4. The van der Waals surface area contributed by atoms with Crippen molar-refractivity contribution in [2.24, 2.45) is 0 Å². The number of rotatable bonds is 2. The lowest BCUT2D eigenvalue weighted by atomic mass is 10.1. The predicted molar refractivity (Wildman–Crippen MR) is 79.0 cm³/mol. The molecule has 23 heavy (non-hydrogen) atoms. The summed E-state index contributed by atoms with van der Waals surface area (Å²) in [5.74, 6) is -0.0684. The number of amides is 1. The lowest BCUT2D eigenvalue weighted by Crippen LogP contribution is -2.46. The molecule has 4 nitrogen and oxygen atoms in total. The first kappa shape index (κ1) is 16.3. The number of anilines is 1. The molecule has 2 aliphatic heterocycles. The van der Waals surface area contributed by atoms with Crippen LogP contribution in [0.4, 0.5) is 18.9 Å². The van der Waals surface area contributed by atoms with Gasteiger partial charge in [-0.25, -0.2) is 0 Å². The minimum absolute atomic E-state index is 0.0684. The molecule has 3 rings (SSSR count). The zero-order valence-electron chi connectivity index (χ0n) is 12.6. The second-order valence-corrected chi connectivity index (χ2v) is 6.11. The van der Waals surface area contributed by atoms with Gasteiger partial charge < -0.3 is 10.0 Å². The van der Waals surface area contributed by atoms with Crippen molar-refractivity contribution in [2.75, 3.05) is 24.5 Å². The maximum atomic E-state index is 12.6. The van der Waals surface area contributed by atoms with Gasteiger partial charge in [-0.05, 0) is 43.5 Å². The maximum absolute atomic E-state index is 12.6. The molecule has 2 fully saturated rings. The molecule has 1 aromatic carbocycles. The molecule has 1 unspecified atom stereocenters. The second kappa shape index (κ2) is 6.13. The van der Waals surface area contributed by atoms with Crippen LogP contribution in [0.1, 0.15) is 24.8 Å². The number of aliphatic hydroxyl groups is 1. The van der Waals surface area contributed by atoms with Gasteiger partial charge in [0.15, 0.2) is 0 Å². The molecule has 2 saturated heterocycles. The van der Waals surface area contributed by atoms with Crippen LogP contribution < -0.4 is 4.90 Å². The lowest BCUT2D eigenvalue weighted by molar-refractivity contribution is -0.137. The highest BCUT2D eigenvalue weighted by Gasteiger charge is 2.38. The van der Waals surface area contributed by atoms with Crippen LogP contribution in [0.5, 0.6) is 0 Å². The maximum Gasteiger partial charge on any atom is 0.416 e. The van der Waals surface area contributed by atoms with Gasteiger partial charge in [-0.1, -0.05) is 0 Å². The summed E-state index contributed by atoms with van der Waals surface area (Å²) in [6.07, 6.45) is -2.69. The van der Waals surface area contributed by atoms with Crippen LogP contribution in [0.15, 0.2) is 24.3 Å². The number of piperidine rings is 1. The summed E-state index contributed by atoms with van der Waals surface area (Å²) in [6, 6.07) is 4.48. The van der Waals surface area contributed by atoms with Gasteiger partial charge in [0.2, 0.25) is 5.91 Å². The SMILES string of the molecule is O=C1C(N2CCC(O)CC2)CCN1c1ccc(C(F)(F)F)cc1. The van der Waals surface area contributed by atoms with E-state index in [1.54, 1.807) is 4.90 Å². The fourth-order valence-electron chi connectivity index (χ4n) is 3.29. The molecule has 2 heterocycles. The first-order chi connectivity index (χ1) is 10.9. The monoisotopic (exact) mass is 328 g/mol. The second-order valence-electron chi connectivity index (χ2n) is 6.11. The Labute approximate surface area is 132 Å². The van der Waals surface area contributed by atoms with Crippen molar-refractivity contribution in [3.05, 3.63) is 29.8 Å². The van der Waals surface area contributed by atoms with E-state index in [0.29, 0.717) is 44.6 Å². The Bertz CT molecular complexity index is 566. The molecule has 0 radical (unpaired) electrons. The lowest BCUT2D eigenvalue weighted by Gasteiger charge is -2.33. The molecule has 1 atom stereocenters. The summed E-state index contributed by atoms with van der Waals surface area (Å²) in [4.78, 5) is 16.2. The average Bonchev–Trinajstić information content (AvgIpc) is 2.89. The summed E-state index contributed by atoms with van der Waals surface area (Å²) in [6.45, 7) is 1.87. The third kappa shape index (κ3) is 3.35. The Morgan fingerprint density at radius 1 is 1.00 bits per heavy atom. The normalized spacial score (nSPS) is 24.4. The van der Waals surface area contributed by atoms with Gasteiger partial charge in [-0.3, -0.25) is 9.69 Å². The number of alkyl halides is 3. The number of carbonyl (C=O) groups excluding carboxylic acids is 1. The molecule has 1 amide bonds. The highest BCUT2D eigenvalue weighted by Crippen LogP contribution is 2.32. The number of carbonyl (C=O) groups is 1. The third-order valence-electron chi connectivity index (χ3n) is 4.62. The van der Waals surface area contributed by atoms with Crippen LogP contribution in [-0.2, 0) is 11.0 Å². The summed E-state index contributed by atoms with van der Waals surface area (Å²) >= 11 is 0. The topological polar surface area (TPSA) is 43.8 Å². The number of likely N-dealkylation sites (tertiary alicyclic amines) is 1. The predicted octanol–water partition coefficient (Wildman–Crippen LogP) is 2.27. The quantitative estimate of drug-likeness (QED) is 0.906. The van der Waals surface area contributed by atoms with Crippen LogP contribution >= 0.6 is 0 Å². The molecule has 0 saturated carbocycles. The number of halogens is 3. The number of nitrogens with zero attached hydrogens (tertiary/aromatic N) is 2. The molecule has 0 aliphatic carbocycles. The van der Waals surface area contributed by atoms with Gasteiger partial charge in [0.05, 0.1) is 17.7 Å². The van der Waals surface area contributed by atoms with E-state index in [4.69, 9.17) is 0 Å². The first-order valence-corrected chi connectivity index (χ1v) is 7.77. The van der Waals surface area contributed by atoms with E-state index in [0.717, 1.165) is 12.1 Å². The van der Waals surface area contributed by atoms with Gasteiger partial charge in [0.1, 0.15) is 0 Å². The van der Waals surface area contributed by atoms with E-state index in [2.05, 4.69) is 4.90 Å². The van der Waals surface area contributed by atoms with E-state index < -0.39 is 11.7 Å². The van der Waals surface area contributed by atoms with Crippen LogP contribution in [-0.4, -0.2) is 47.7 Å². The van der Waals surface area contributed by atoms with Crippen molar-refractivity contribution in [2.45, 2.75) is 37.6 Å². The zero-order valence-corrected chi connectivity index (χ0v) is 12.6. The first-order valence-electron chi connectivity index (χ1n) is 7.77. The van der Waals surface area contributed by atoms with E-state index in [-0.39, 0.29) is 18.1 Å². The minimum atomic E-state index is -4.37. The molecule has 0 aromatic heterocycles. The molecule has 1 aromatic rings. The van der Waals surface area contributed by atoms with Crippen LogP contribution in [0.2, 0.25) is 0 Å². The molecule has 1 N–H and O–H groups in total. The van der Waals surface area contributed by atoms with E-state index in [1.807, 2.05) is 0 Å². The number of benzene rings is 1. The highest BCUT2D eigenvalue weighted by molar-refractivity contribution is 5.99. The van der Waals surface area contributed by atoms with E-state index in [1.165, 1.54) is 12.1 Å². The van der Waals surface area contributed by atoms with Crippen molar-refractivity contribution in [1.29, 1.82) is 0 Å². The standard InChI is InChI=1S/C16H19F3N2O2/c17-16(18,19)11-1-3-12(4-2-11)21-10-7-14(15(21)23)20-8-5-13(22)6-9-20/h1-4,13-14,22H,5-10H2. The fraction of sp³-hybridized carbons (Fsp3) is 0.562. The van der Waals surface area contributed by atoms with Gasteiger partial charge in [0.25, 0.3) is 0 Å². The molecule has 7 heteroatoms. The summed E-state index contributed by atoms with van der Waals surface area (Å²) in [7, 11) is 0. The third-order valence-corrected chi connectivity index (χ3v) is 4.62. The van der Waals surface area contributed by atoms with Crippen LogP contribution in [0, 0.1) is 0 Å². The zero-order chi connectivity index (χ0) is 16.6. The molecule has 2 aliphatic rings. The Kier molecular flexibility index (Phi) is 4.33. The smallest absolute Gasteiger partial charge is 0.393 e. The largest absolute Gasteiger partial charge is 0.416 e. The number of hydrogen-bond donors (Lipinski definition) is 1. The summed E-state index contributed by atoms with van der Waals surface area (Å²) in [5, 5.41) is 9.54. The van der Waals surface area contributed by atoms with Crippen molar-refractivity contribution in [3.8, 4) is 0 Å². The van der Waals surface area contributed by atoms with Gasteiger partial charge >= 0.3 is 6.18 Å². The Balaban J connectivity index is 1.69. The Morgan fingerprint density at radius 2 is 1.61 bits per heavy atom. The summed E-state index contributed by atoms with van der Waals surface area (Å²) < 4.78 is 37.8. The number of hydrogen-bond acceptors (Lipinski definition) is 3. The Morgan fingerprint density at radius 3 is 2.17 bits per heavy atom. The van der Waals surface area contributed by atoms with Crippen molar-refractivity contribution < 1.29 is 23.1 Å². The minimum Gasteiger partial charge on any atom is -0.393 e. The Hall–Kier alpha value is -1.60. The molecule has 126 valence electrons. The van der Waals surface area contributed by atoms with Crippen molar-refractivity contribution in [1.82, 2.24) is 4.90 Å². The van der Waals surface area contributed by atoms with Crippen molar-refractivity contribution in [3.63, 3.8) is 0 Å². The van der Waals surface area contributed by atoms with E-state index in [9.17, 15) is 23.1 Å². The molecule has 0 spiro atoms. The fourth-order valence-corrected chi connectivity index (χ4v) is 3.29. The van der Waals surface area contributed by atoms with Crippen molar-refractivity contribution >= 4 is 11.6 Å². The van der Waals surface area contributed by atoms with Crippen LogP contribution in [0.25, 0.3) is 0 Å². The number of aliphatic hydroxyl groups excluding tert-OH is 1. The molecular formula is C16H19F3N2O2. The molecular weight excluding hydrogens is 309 g/mol. The van der Waals surface area contributed by atoms with Crippen LogP contribution in [0.3, 0.4) is 0 Å². The van der Waals surface area contributed by atoms with Gasteiger partial charge in [-0.2, -0.15) is 13.2 Å².